The van der Waals surface area contributed by atoms with Gasteiger partial charge in [0.05, 0.1) is 0 Å². The van der Waals surface area contributed by atoms with E-state index < -0.39 is 11.9 Å². The van der Waals surface area contributed by atoms with Gasteiger partial charge in [-0.1, -0.05) is 54.6 Å². The molecule has 0 aromatic heterocycles. The average molecular weight is 470 g/mol. The van der Waals surface area contributed by atoms with Crippen molar-refractivity contribution in [1.82, 2.24) is 10.6 Å². The van der Waals surface area contributed by atoms with Crippen LogP contribution in [-0.2, 0) is 22.6 Å². The van der Waals surface area contributed by atoms with E-state index in [1.54, 1.807) is 6.07 Å². The van der Waals surface area contributed by atoms with Gasteiger partial charge in [0.2, 0.25) is 11.8 Å². The van der Waals surface area contributed by atoms with E-state index in [4.69, 9.17) is 0 Å². The van der Waals surface area contributed by atoms with Crippen LogP contribution in [0.4, 0.5) is 13.2 Å². The second-order valence-corrected chi connectivity index (χ2v) is 8.66. The van der Waals surface area contributed by atoms with Gasteiger partial charge in [-0.3, -0.25) is 9.59 Å². The van der Waals surface area contributed by atoms with E-state index in [1.807, 2.05) is 30.3 Å². The molecular weight excluding hydrogens is 445 g/mol. The molecule has 1 heterocycles. The zero-order chi connectivity index (χ0) is 24.2. The molecule has 2 amide bonds. The highest BCUT2D eigenvalue weighted by Crippen LogP contribution is 2.31. The number of rotatable bonds is 8. The van der Waals surface area contributed by atoms with E-state index in [0.717, 1.165) is 16.3 Å². The molecule has 0 radical (unpaired) electrons. The van der Waals surface area contributed by atoms with Crippen molar-refractivity contribution < 1.29 is 27.5 Å². The minimum Gasteiger partial charge on any atom is -0.406 e. The summed E-state index contributed by atoms with van der Waals surface area (Å²) in [7, 11) is 0. The van der Waals surface area contributed by atoms with Crippen molar-refractivity contribution >= 4 is 22.6 Å². The number of benzene rings is 3. The first kappa shape index (κ1) is 23.6. The number of alkyl halides is 3. The highest BCUT2D eigenvalue weighted by atomic mass is 19.4. The van der Waals surface area contributed by atoms with Gasteiger partial charge in [-0.2, -0.15) is 0 Å². The van der Waals surface area contributed by atoms with E-state index in [9.17, 15) is 22.8 Å². The molecular formula is C26H25F3N2O3. The van der Waals surface area contributed by atoms with Gasteiger partial charge in [0, 0.05) is 24.9 Å². The van der Waals surface area contributed by atoms with Crippen molar-refractivity contribution in [3.05, 3.63) is 77.9 Å². The first-order chi connectivity index (χ1) is 16.2. The average Bonchev–Trinajstić information content (AvgIpc) is 3.16. The first-order valence-corrected chi connectivity index (χ1v) is 11.1. The third-order valence-corrected chi connectivity index (χ3v) is 6.04. The summed E-state index contributed by atoms with van der Waals surface area (Å²) in [6.07, 6.45) is -2.44. The molecule has 3 aromatic carbocycles. The molecule has 0 saturated carbocycles. The Kier molecular flexibility index (Phi) is 6.77. The Morgan fingerprint density at radius 2 is 1.79 bits per heavy atom. The second-order valence-electron chi connectivity index (χ2n) is 8.66. The molecule has 0 spiro atoms. The highest BCUT2D eigenvalue weighted by molar-refractivity contribution is 5.83. The van der Waals surface area contributed by atoms with Crippen LogP contribution in [0, 0.1) is 0 Å². The Labute approximate surface area is 195 Å². The molecule has 34 heavy (non-hydrogen) atoms. The van der Waals surface area contributed by atoms with Gasteiger partial charge in [0.15, 0.2) is 0 Å². The van der Waals surface area contributed by atoms with Crippen LogP contribution in [0.5, 0.6) is 5.75 Å². The molecule has 5 nitrogen and oxygen atoms in total. The van der Waals surface area contributed by atoms with Crippen LogP contribution in [-0.4, -0.2) is 23.7 Å². The van der Waals surface area contributed by atoms with Gasteiger partial charge < -0.3 is 15.4 Å². The zero-order valence-corrected chi connectivity index (χ0v) is 18.5. The van der Waals surface area contributed by atoms with Gasteiger partial charge in [0.1, 0.15) is 5.75 Å². The number of hydrogen-bond donors (Lipinski definition) is 2. The molecule has 0 aliphatic carbocycles. The van der Waals surface area contributed by atoms with E-state index in [1.165, 1.54) is 18.2 Å². The van der Waals surface area contributed by atoms with Crippen LogP contribution in [0.15, 0.2) is 66.7 Å². The Balaban J connectivity index is 1.36. The summed E-state index contributed by atoms with van der Waals surface area (Å²) in [4.78, 5) is 24.5. The predicted octanol–water partition coefficient (Wildman–Crippen LogP) is 5.03. The normalized spacial score (nSPS) is 18.0. The largest absolute Gasteiger partial charge is 0.573 e. The van der Waals surface area contributed by atoms with Crippen molar-refractivity contribution in [3.8, 4) is 5.75 Å². The maximum absolute atomic E-state index is 12.5. The number of halogens is 3. The van der Waals surface area contributed by atoms with Crippen molar-refractivity contribution in [2.24, 2.45) is 0 Å². The summed E-state index contributed by atoms with van der Waals surface area (Å²) in [5.74, 6) is -0.592. The van der Waals surface area contributed by atoms with E-state index in [2.05, 4.69) is 27.5 Å². The fourth-order valence-corrected chi connectivity index (χ4v) is 4.42. The Bertz CT molecular complexity index is 1200. The molecule has 8 heteroatoms. The van der Waals surface area contributed by atoms with Crippen LogP contribution >= 0.6 is 0 Å². The maximum atomic E-state index is 12.5. The van der Waals surface area contributed by atoms with E-state index in [0.29, 0.717) is 31.2 Å². The number of carbonyl (C=O) groups excluding carboxylic acids is 2. The van der Waals surface area contributed by atoms with Crippen molar-refractivity contribution in [2.75, 3.05) is 0 Å². The number of fused-ring (bicyclic) bond motifs is 1. The summed E-state index contributed by atoms with van der Waals surface area (Å²) in [6, 6.07) is 19.8. The number of nitrogens with one attached hydrogen (secondary N) is 2. The molecule has 0 bridgehead atoms. The Morgan fingerprint density at radius 3 is 2.53 bits per heavy atom. The monoisotopic (exact) mass is 470 g/mol. The summed E-state index contributed by atoms with van der Waals surface area (Å²) >= 11 is 0. The fraction of sp³-hybridized carbons (Fsp3) is 0.308. The molecule has 4 rings (SSSR count). The quantitative estimate of drug-likeness (QED) is 0.486. The number of carbonyl (C=O) groups is 2. The third kappa shape index (κ3) is 6.27. The van der Waals surface area contributed by atoms with Gasteiger partial charge in [-0.05, 0) is 53.3 Å². The first-order valence-electron chi connectivity index (χ1n) is 11.1. The standard InChI is InChI=1S/C26H25F3N2O3/c27-26(28,29)34-22-7-3-4-19(15-22)17-30-23(32)10-12-25(13-11-24(33)31-25)16-18-8-9-20-5-1-2-6-21(20)14-18/h1-9,14-15H,10-13,16-17H2,(H,30,32)(H,31,33)/t25-/m1/s1. The second kappa shape index (κ2) is 9.75. The van der Waals surface area contributed by atoms with Crippen molar-refractivity contribution in [3.63, 3.8) is 0 Å². The Morgan fingerprint density at radius 1 is 1.00 bits per heavy atom. The van der Waals surface area contributed by atoms with Gasteiger partial charge in [-0.25, -0.2) is 0 Å². The van der Waals surface area contributed by atoms with Crippen LogP contribution in [0.1, 0.15) is 36.8 Å². The third-order valence-electron chi connectivity index (χ3n) is 6.04. The molecule has 178 valence electrons. The molecule has 1 aliphatic rings. The lowest BCUT2D eigenvalue weighted by atomic mass is 9.84. The number of amides is 2. The van der Waals surface area contributed by atoms with Crippen LogP contribution in [0.25, 0.3) is 10.8 Å². The Hall–Kier alpha value is -3.55. The topological polar surface area (TPSA) is 67.4 Å². The van der Waals surface area contributed by atoms with Crippen molar-refractivity contribution in [1.29, 1.82) is 0 Å². The number of hydrogen-bond acceptors (Lipinski definition) is 3. The van der Waals surface area contributed by atoms with Crippen LogP contribution < -0.4 is 15.4 Å². The van der Waals surface area contributed by atoms with E-state index >= 15 is 0 Å². The van der Waals surface area contributed by atoms with Gasteiger partial charge in [-0.15, -0.1) is 13.2 Å². The summed E-state index contributed by atoms with van der Waals surface area (Å²) in [5, 5.41) is 8.08. The smallest absolute Gasteiger partial charge is 0.406 e. The molecule has 1 atom stereocenters. The molecule has 1 fully saturated rings. The lowest BCUT2D eigenvalue weighted by molar-refractivity contribution is -0.274. The van der Waals surface area contributed by atoms with Gasteiger partial charge in [0.25, 0.3) is 0 Å². The lowest BCUT2D eigenvalue weighted by Crippen LogP contribution is -2.44. The highest BCUT2D eigenvalue weighted by Gasteiger charge is 2.38. The van der Waals surface area contributed by atoms with E-state index in [-0.39, 0.29) is 30.5 Å². The SMILES string of the molecule is O=C(CC[C@]1(Cc2ccc3ccccc3c2)CCC(=O)N1)NCc1cccc(OC(F)(F)F)c1. The minimum absolute atomic E-state index is 0.0253. The molecule has 3 aromatic rings. The fourth-order valence-electron chi connectivity index (χ4n) is 4.42. The molecule has 1 aliphatic heterocycles. The number of ether oxygens (including phenoxy) is 1. The van der Waals surface area contributed by atoms with Gasteiger partial charge >= 0.3 is 6.36 Å². The molecule has 1 saturated heterocycles. The van der Waals surface area contributed by atoms with Crippen molar-refractivity contribution in [2.45, 2.75) is 50.6 Å². The molecule has 0 unspecified atom stereocenters. The predicted molar refractivity (Wildman–Crippen MR) is 122 cm³/mol. The summed E-state index contributed by atoms with van der Waals surface area (Å²) in [6.45, 7) is 0.0813. The lowest BCUT2D eigenvalue weighted by Gasteiger charge is -2.29. The zero-order valence-electron chi connectivity index (χ0n) is 18.5. The summed E-state index contributed by atoms with van der Waals surface area (Å²) < 4.78 is 41.1. The van der Waals surface area contributed by atoms with Crippen LogP contribution in [0.3, 0.4) is 0 Å². The maximum Gasteiger partial charge on any atom is 0.573 e. The van der Waals surface area contributed by atoms with Crippen LogP contribution in [0.2, 0.25) is 0 Å². The molecule has 2 N–H and O–H groups in total. The summed E-state index contributed by atoms with van der Waals surface area (Å²) in [5.41, 5.74) is 1.08. The minimum atomic E-state index is -4.77.